The fraction of sp³-hybridized carbons (Fsp3) is 0.667. The number of aryl methyl sites for hydroxylation is 1. The molecule has 1 aromatic rings. The Balaban J connectivity index is 2.03. The van der Waals surface area contributed by atoms with E-state index in [9.17, 15) is 0 Å². The lowest BCUT2D eigenvalue weighted by atomic mass is 9.96. The largest absolute Gasteiger partial charge is 0.371 e. The van der Waals surface area contributed by atoms with Crippen molar-refractivity contribution in [2.24, 2.45) is 5.92 Å². The summed E-state index contributed by atoms with van der Waals surface area (Å²) < 4.78 is 0. The SMILES string of the molecule is CCCC1CCCN(c2ccc(CNC)cc2C)CC1. The van der Waals surface area contributed by atoms with Gasteiger partial charge in [-0.1, -0.05) is 31.9 Å². The van der Waals surface area contributed by atoms with Crippen LogP contribution in [-0.2, 0) is 6.54 Å². The lowest BCUT2D eigenvalue weighted by molar-refractivity contribution is 0.435. The molecule has 1 aliphatic heterocycles. The minimum atomic E-state index is 0.953. The zero-order chi connectivity index (χ0) is 14.4. The molecule has 0 amide bonds. The van der Waals surface area contributed by atoms with E-state index in [-0.39, 0.29) is 0 Å². The average molecular weight is 274 g/mol. The Morgan fingerprint density at radius 1 is 1.25 bits per heavy atom. The maximum Gasteiger partial charge on any atom is 0.0396 e. The van der Waals surface area contributed by atoms with Crippen molar-refractivity contribution in [1.82, 2.24) is 5.32 Å². The van der Waals surface area contributed by atoms with Crippen LogP contribution in [0.5, 0.6) is 0 Å². The topological polar surface area (TPSA) is 15.3 Å². The van der Waals surface area contributed by atoms with E-state index >= 15 is 0 Å². The van der Waals surface area contributed by atoms with E-state index in [0.717, 1.165) is 12.5 Å². The van der Waals surface area contributed by atoms with Crippen LogP contribution < -0.4 is 10.2 Å². The lowest BCUT2D eigenvalue weighted by Gasteiger charge is -2.25. The number of anilines is 1. The van der Waals surface area contributed by atoms with Crippen LogP contribution in [0.25, 0.3) is 0 Å². The first-order valence-electron chi connectivity index (χ1n) is 8.23. The summed E-state index contributed by atoms with van der Waals surface area (Å²) in [6.07, 6.45) is 6.88. The summed E-state index contributed by atoms with van der Waals surface area (Å²) in [4.78, 5) is 2.61. The highest BCUT2D eigenvalue weighted by atomic mass is 15.1. The molecule has 1 aromatic carbocycles. The summed E-state index contributed by atoms with van der Waals surface area (Å²) in [5.41, 5.74) is 4.25. The fourth-order valence-electron chi connectivity index (χ4n) is 3.49. The van der Waals surface area contributed by atoms with Crippen molar-refractivity contribution in [3.63, 3.8) is 0 Å². The number of hydrogen-bond acceptors (Lipinski definition) is 2. The zero-order valence-electron chi connectivity index (χ0n) is 13.4. The van der Waals surface area contributed by atoms with Crippen molar-refractivity contribution in [3.8, 4) is 0 Å². The monoisotopic (exact) mass is 274 g/mol. The molecule has 0 aromatic heterocycles. The lowest BCUT2D eigenvalue weighted by Crippen LogP contribution is -2.25. The fourth-order valence-corrected chi connectivity index (χ4v) is 3.49. The molecule has 2 nitrogen and oxygen atoms in total. The molecule has 0 saturated carbocycles. The summed E-state index contributed by atoms with van der Waals surface area (Å²) in [5.74, 6) is 0.953. The molecule has 1 fully saturated rings. The van der Waals surface area contributed by atoms with Gasteiger partial charge in [0.15, 0.2) is 0 Å². The Morgan fingerprint density at radius 3 is 2.80 bits per heavy atom. The highest BCUT2D eigenvalue weighted by Crippen LogP contribution is 2.28. The van der Waals surface area contributed by atoms with Gasteiger partial charge in [-0.3, -0.25) is 0 Å². The van der Waals surface area contributed by atoms with Gasteiger partial charge in [-0.2, -0.15) is 0 Å². The van der Waals surface area contributed by atoms with Crippen LogP contribution >= 0.6 is 0 Å². The van der Waals surface area contributed by atoms with Crippen LogP contribution in [0.2, 0.25) is 0 Å². The van der Waals surface area contributed by atoms with Gasteiger partial charge in [-0.05, 0) is 56.3 Å². The van der Waals surface area contributed by atoms with E-state index in [1.807, 2.05) is 7.05 Å². The van der Waals surface area contributed by atoms with Crippen LogP contribution in [-0.4, -0.2) is 20.1 Å². The Labute approximate surface area is 124 Å². The molecule has 0 aliphatic carbocycles. The van der Waals surface area contributed by atoms with E-state index in [0.29, 0.717) is 0 Å². The number of hydrogen-bond donors (Lipinski definition) is 1. The Bertz CT molecular complexity index is 414. The summed E-state index contributed by atoms with van der Waals surface area (Å²) in [6, 6.07) is 6.93. The van der Waals surface area contributed by atoms with Gasteiger partial charge >= 0.3 is 0 Å². The zero-order valence-corrected chi connectivity index (χ0v) is 13.4. The molecular formula is C18H30N2. The van der Waals surface area contributed by atoms with Gasteiger partial charge in [0.25, 0.3) is 0 Å². The van der Waals surface area contributed by atoms with Crippen LogP contribution in [0.15, 0.2) is 18.2 Å². The number of benzene rings is 1. The average Bonchev–Trinajstić information content (AvgIpc) is 2.66. The third kappa shape index (κ3) is 3.99. The van der Waals surface area contributed by atoms with E-state index in [2.05, 4.69) is 42.3 Å². The van der Waals surface area contributed by atoms with Gasteiger partial charge in [0.1, 0.15) is 0 Å². The highest BCUT2D eigenvalue weighted by molar-refractivity contribution is 5.54. The maximum atomic E-state index is 3.23. The van der Waals surface area contributed by atoms with Crippen molar-refractivity contribution in [2.75, 3.05) is 25.0 Å². The van der Waals surface area contributed by atoms with Crippen molar-refractivity contribution in [3.05, 3.63) is 29.3 Å². The van der Waals surface area contributed by atoms with Gasteiger partial charge in [-0.15, -0.1) is 0 Å². The summed E-state index contributed by atoms with van der Waals surface area (Å²) in [5, 5.41) is 3.23. The second-order valence-electron chi connectivity index (χ2n) is 6.22. The third-order valence-corrected chi connectivity index (χ3v) is 4.53. The molecule has 1 unspecified atom stereocenters. The number of rotatable bonds is 5. The first-order chi connectivity index (χ1) is 9.74. The number of nitrogens with one attached hydrogen (secondary N) is 1. The third-order valence-electron chi connectivity index (χ3n) is 4.53. The molecular weight excluding hydrogens is 244 g/mol. The molecule has 1 heterocycles. The highest BCUT2D eigenvalue weighted by Gasteiger charge is 2.17. The molecule has 112 valence electrons. The molecule has 0 spiro atoms. The van der Waals surface area contributed by atoms with Gasteiger partial charge < -0.3 is 10.2 Å². The van der Waals surface area contributed by atoms with Gasteiger partial charge in [0, 0.05) is 25.3 Å². The predicted molar refractivity (Wildman–Crippen MR) is 88.4 cm³/mol. The number of nitrogens with zero attached hydrogens (tertiary/aromatic N) is 1. The van der Waals surface area contributed by atoms with Gasteiger partial charge in [0.2, 0.25) is 0 Å². The van der Waals surface area contributed by atoms with Gasteiger partial charge in [-0.25, -0.2) is 0 Å². The molecule has 1 atom stereocenters. The van der Waals surface area contributed by atoms with E-state index in [4.69, 9.17) is 0 Å². The molecule has 2 heteroatoms. The summed E-state index contributed by atoms with van der Waals surface area (Å²) in [7, 11) is 2.01. The Kier molecular flexibility index (Phi) is 5.90. The quantitative estimate of drug-likeness (QED) is 0.869. The predicted octanol–water partition coefficient (Wildman–Crippen LogP) is 4.12. The molecule has 1 saturated heterocycles. The molecule has 1 N–H and O–H groups in total. The van der Waals surface area contributed by atoms with Crippen LogP contribution in [0, 0.1) is 12.8 Å². The minimum absolute atomic E-state index is 0.953. The summed E-state index contributed by atoms with van der Waals surface area (Å²) >= 11 is 0. The van der Waals surface area contributed by atoms with Gasteiger partial charge in [0.05, 0.1) is 0 Å². The molecule has 0 radical (unpaired) electrons. The second kappa shape index (κ2) is 7.68. The maximum absolute atomic E-state index is 3.23. The Hall–Kier alpha value is -1.02. The van der Waals surface area contributed by atoms with E-state index in [1.165, 1.54) is 62.0 Å². The standard InChI is InChI=1S/C18H30N2/c1-4-6-16-7-5-11-20(12-10-16)18-9-8-17(14-19-3)13-15(18)2/h8-9,13,16,19H,4-7,10-12,14H2,1-3H3. The smallest absolute Gasteiger partial charge is 0.0396 e. The molecule has 20 heavy (non-hydrogen) atoms. The molecule has 1 aliphatic rings. The second-order valence-corrected chi connectivity index (χ2v) is 6.22. The molecule has 0 bridgehead atoms. The van der Waals surface area contributed by atoms with Crippen LogP contribution in [0.1, 0.15) is 50.2 Å². The van der Waals surface area contributed by atoms with Crippen molar-refractivity contribution < 1.29 is 0 Å². The van der Waals surface area contributed by atoms with Crippen molar-refractivity contribution in [2.45, 2.75) is 52.5 Å². The molecule has 2 rings (SSSR count). The van der Waals surface area contributed by atoms with Crippen molar-refractivity contribution >= 4 is 5.69 Å². The van der Waals surface area contributed by atoms with Crippen LogP contribution in [0.4, 0.5) is 5.69 Å². The minimum Gasteiger partial charge on any atom is -0.371 e. The first kappa shape index (κ1) is 15.4. The normalized spacial score (nSPS) is 19.9. The van der Waals surface area contributed by atoms with Crippen LogP contribution in [0.3, 0.4) is 0 Å². The van der Waals surface area contributed by atoms with E-state index < -0.39 is 0 Å². The van der Waals surface area contributed by atoms with E-state index in [1.54, 1.807) is 0 Å². The summed E-state index contributed by atoms with van der Waals surface area (Å²) in [6.45, 7) is 7.99. The first-order valence-corrected chi connectivity index (χ1v) is 8.23. The Morgan fingerprint density at radius 2 is 2.10 bits per heavy atom. The van der Waals surface area contributed by atoms with Crippen molar-refractivity contribution in [1.29, 1.82) is 0 Å².